The Kier molecular flexibility index (Phi) is 3.57. The van der Waals surface area contributed by atoms with Crippen molar-refractivity contribution in [3.63, 3.8) is 0 Å². The second kappa shape index (κ2) is 4.48. The summed E-state index contributed by atoms with van der Waals surface area (Å²) in [5.41, 5.74) is 4.91. The lowest BCUT2D eigenvalue weighted by atomic mass is 10.3. The van der Waals surface area contributed by atoms with Crippen LogP contribution in [0.2, 0.25) is 5.02 Å². The first-order valence-electron chi connectivity index (χ1n) is 3.45. The number of amides is 1. The first-order chi connectivity index (χ1) is 6.08. The van der Waals surface area contributed by atoms with Gasteiger partial charge in [0.1, 0.15) is 5.75 Å². The Morgan fingerprint density at radius 1 is 1.54 bits per heavy atom. The summed E-state index contributed by atoms with van der Waals surface area (Å²) in [6.07, 6.45) is 0. The number of hydrogen-bond acceptors (Lipinski definition) is 2. The van der Waals surface area contributed by atoms with Gasteiger partial charge in [0, 0.05) is 9.50 Å². The molecule has 0 saturated heterocycles. The molecule has 0 aromatic heterocycles. The van der Waals surface area contributed by atoms with Crippen LogP contribution in [-0.4, -0.2) is 12.5 Å². The highest BCUT2D eigenvalue weighted by atomic mass is 79.9. The predicted octanol–water partition coefficient (Wildman–Crippen LogP) is 1.97. The molecule has 0 saturated carbocycles. The van der Waals surface area contributed by atoms with Gasteiger partial charge in [-0.05, 0) is 18.2 Å². The van der Waals surface area contributed by atoms with Crippen LogP contribution in [0.3, 0.4) is 0 Å². The third-order valence-corrected chi connectivity index (χ3v) is 1.89. The normalized spacial score (nSPS) is 9.69. The smallest absolute Gasteiger partial charge is 0.255 e. The van der Waals surface area contributed by atoms with E-state index < -0.39 is 5.91 Å². The van der Waals surface area contributed by atoms with E-state index in [1.807, 2.05) is 0 Å². The summed E-state index contributed by atoms with van der Waals surface area (Å²) in [4.78, 5) is 10.4. The molecule has 1 amide bonds. The van der Waals surface area contributed by atoms with Gasteiger partial charge in [0.15, 0.2) is 6.61 Å². The quantitative estimate of drug-likeness (QED) is 0.907. The number of rotatable bonds is 3. The van der Waals surface area contributed by atoms with Gasteiger partial charge in [-0.15, -0.1) is 0 Å². The molecular formula is C8H7BrClNO2. The highest BCUT2D eigenvalue weighted by Crippen LogP contribution is 2.24. The van der Waals surface area contributed by atoms with Crippen molar-refractivity contribution in [2.75, 3.05) is 6.61 Å². The van der Waals surface area contributed by atoms with Crippen molar-refractivity contribution in [3.8, 4) is 5.75 Å². The SMILES string of the molecule is NC(=O)COc1cc(Cl)cc(Br)c1. The maximum Gasteiger partial charge on any atom is 0.255 e. The molecule has 1 aromatic rings. The lowest BCUT2D eigenvalue weighted by molar-refractivity contribution is -0.119. The molecule has 13 heavy (non-hydrogen) atoms. The van der Waals surface area contributed by atoms with Gasteiger partial charge in [0.25, 0.3) is 5.91 Å². The molecular weight excluding hydrogens is 257 g/mol. The minimum Gasteiger partial charge on any atom is -0.484 e. The number of carbonyl (C=O) groups excluding carboxylic acids is 1. The number of hydrogen-bond donors (Lipinski definition) is 1. The van der Waals surface area contributed by atoms with Gasteiger partial charge in [-0.2, -0.15) is 0 Å². The van der Waals surface area contributed by atoms with Crippen LogP contribution < -0.4 is 10.5 Å². The molecule has 0 fully saturated rings. The molecule has 0 bridgehead atoms. The molecule has 0 atom stereocenters. The fourth-order valence-electron chi connectivity index (χ4n) is 0.766. The van der Waals surface area contributed by atoms with Crippen LogP contribution in [0, 0.1) is 0 Å². The maximum absolute atomic E-state index is 10.4. The molecule has 0 aliphatic carbocycles. The van der Waals surface area contributed by atoms with E-state index >= 15 is 0 Å². The Hall–Kier alpha value is -0.740. The minimum atomic E-state index is -0.518. The maximum atomic E-state index is 10.4. The summed E-state index contributed by atoms with van der Waals surface area (Å²) in [5.74, 6) is -0.00530. The number of primary amides is 1. The van der Waals surface area contributed by atoms with Crippen LogP contribution in [-0.2, 0) is 4.79 Å². The fraction of sp³-hybridized carbons (Fsp3) is 0.125. The molecule has 0 spiro atoms. The van der Waals surface area contributed by atoms with Gasteiger partial charge in [0.2, 0.25) is 0 Å². The van der Waals surface area contributed by atoms with Crippen LogP contribution in [0.5, 0.6) is 5.75 Å². The summed E-state index contributed by atoms with van der Waals surface area (Å²) in [6.45, 7) is -0.146. The van der Waals surface area contributed by atoms with E-state index in [0.29, 0.717) is 10.8 Å². The minimum absolute atomic E-state index is 0.146. The highest BCUT2D eigenvalue weighted by Gasteiger charge is 2.00. The molecule has 0 unspecified atom stereocenters. The van der Waals surface area contributed by atoms with Crippen molar-refractivity contribution in [1.82, 2.24) is 0 Å². The summed E-state index contributed by atoms with van der Waals surface area (Å²) < 4.78 is 5.83. The van der Waals surface area contributed by atoms with Crippen LogP contribution in [0.4, 0.5) is 0 Å². The Morgan fingerprint density at radius 2 is 2.23 bits per heavy atom. The summed E-state index contributed by atoms with van der Waals surface area (Å²) in [5, 5.41) is 0.536. The lowest BCUT2D eigenvalue weighted by Crippen LogP contribution is -2.19. The van der Waals surface area contributed by atoms with E-state index in [1.54, 1.807) is 18.2 Å². The number of benzene rings is 1. The van der Waals surface area contributed by atoms with Crippen molar-refractivity contribution in [1.29, 1.82) is 0 Å². The number of nitrogens with two attached hydrogens (primary N) is 1. The lowest BCUT2D eigenvalue weighted by Gasteiger charge is -2.04. The van der Waals surface area contributed by atoms with Crippen molar-refractivity contribution in [3.05, 3.63) is 27.7 Å². The molecule has 2 N–H and O–H groups in total. The summed E-state index contributed by atoms with van der Waals surface area (Å²) >= 11 is 8.98. The zero-order chi connectivity index (χ0) is 9.84. The molecule has 0 aliphatic rings. The zero-order valence-electron chi connectivity index (χ0n) is 6.59. The molecule has 3 nitrogen and oxygen atoms in total. The Balaban J connectivity index is 2.71. The molecule has 0 heterocycles. The van der Waals surface area contributed by atoms with Gasteiger partial charge in [-0.3, -0.25) is 4.79 Å². The third kappa shape index (κ3) is 3.65. The van der Waals surface area contributed by atoms with Crippen molar-refractivity contribution >= 4 is 33.4 Å². The van der Waals surface area contributed by atoms with E-state index in [0.717, 1.165) is 4.47 Å². The first-order valence-corrected chi connectivity index (χ1v) is 4.62. The van der Waals surface area contributed by atoms with Crippen LogP contribution in [0.1, 0.15) is 0 Å². The van der Waals surface area contributed by atoms with Gasteiger partial charge in [0.05, 0.1) is 0 Å². The second-order valence-corrected chi connectivity index (χ2v) is 3.71. The molecule has 70 valence electrons. The predicted molar refractivity (Wildman–Crippen MR) is 53.8 cm³/mol. The van der Waals surface area contributed by atoms with E-state index in [9.17, 15) is 4.79 Å². The Bertz CT molecular complexity index is 310. The third-order valence-electron chi connectivity index (χ3n) is 1.22. The number of halogens is 2. The largest absolute Gasteiger partial charge is 0.484 e. The van der Waals surface area contributed by atoms with E-state index in [1.165, 1.54) is 0 Å². The van der Waals surface area contributed by atoms with Crippen molar-refractivity contribution in [2.24, 2.45) is 5.73 Å². The van der Waals surface area contributed by atoms with Gasteiger partial charge in [-0.1, -0.05) is 27.5 Å². The Labute approximate surface area is 88.9 Å². The standard InChI is InChI=1S/C8H7BrClNO2/c9-5-1-6(10)3-7(2-5)13-4-8(11)12/h1-3H,4H2,(H2,11,12). The van der Waals surface area contributed by atoms with Crippen molar-refractivity contribution < 1.29 is 9.53 Å². The van der Waals surface area contributed by atoms with E-state index in [2.05, 4.69) is 15.9 Å². The number of carbonyl (C=O) groups is 1. The second-order valence-electron chi connectivity index (χ2n) is 2.36. The Morgan fingerprint density at radius 3 is 2.77 bits per heavy atom. The average Bonchev–Trinajstić information content (AvgIpc) is 1.99. The fourth-order valence-corrected chi connectivity index (χ4v) is 1.60. The van der Waals surface area contributed by atoms with Crippen molar-refractivity contribution in [2.45, 2.75) is 0 Å². The molecule has 0 aliphatic heterocycles. The monoisotopic (exact) mass is 263 g/mol. The van der Waals surface area contributed by atoms with Gasteiger partial charge >= 0.3 is 0 Å². The van der Waals surface area contributed by atoms with Crippen LogP contribution in [0.15, 0.2) is 22.7 Å². The molecule has 1 rings (SSSR count). The highest BCUT2D eigenvalue weighted by molar-refractivity contribution is 9.10. The van der Waals surface area contributed by atoms with Gasteiger partial charge < -0.3 is 10.5 Å². The van der Waals surface area contributed by atoms with Gasteiger partial charge in [-0.25, -0.2) is 0 Å². The van der Waals surface area contributed by atoms with Crippen LogP contribution in [0.25, 0.3) is 0 Å². The summed E-state index contributed by atoms with van der Waals surface area (Å²) in [6, 6.07) is 5.03. The average molecular weight is 265 g/mol. The number of ether oxygens (including phenoxy) is 1. The topological polar surface area (TPSA) is 52.3 Å². The summed E-state index contributed by atoms with van der Waals surface area (Å²) in [7, 11) is 0. The van der Waals surface area contributed by atoms with Crippen LogP contribution >= 0.6 is 27.5 Å². The molecule has 0 radical (unpaired) electrons. The van der Waals surface area contributed by atoms with E-state index in [4.69, 9.17) is 22.1 Å². The first kappa shape index (κ1) is 10.3. The molecule has 5 heteroatoms. The molecule has 1 aromatic carbocycles. The van der Waals surface area contributed by atoms with E-state index in [-0.39, 0.29) is 6.61 Å². The zero-order valence-corrected chi connectivity index (χ0v) is 8.93.